The number of nitrogens with zero attached hydrogens (tertiary/aromatic N) is 1. The lowest BCUT2D eigenvalue weighted by Crippen LogP contribution is -2.15. The number of carbonyl (C=O) groups is 1. The van der Waals surface area contributed by atoms with Crippen LogP contribution in [0, 0.1) is 0 Å². The van der Waals surface area contributed by atoms with Crippen LogP contribution >= 0.6 is 11.6 Å². The molecule has 0 unspecified atom stereocenters. The zero-order valence-corrected chi connectivity index (χ0v) is 19.3. The maximum Gasteiger partial charge on any atom is 0.354 e. The minimum Gasteiger partial charge on any atom is -0.497 e. The number of benzene rings is 3. The molecule has 7 nitrogen and oxygen atoms in total. The minimum atomic E-state index is -1.19. The van der Waals surface area contributed by atoms with Crippen LogP contribution in [0.1, 0.15) is 16.7 Å². The number of methoxy groups -OCH3 is 2. The standard InChI is InChI=1S/C25H24ClNO6/c1-27-23(25(28)29)20-12-13-21(32-14-16-4-8-18(30-2)9-5-16)24(22(20)26)33-15-17-6-10-19(31-3)11-7-17/h4-13H,14-15H2,1-3H3,(H,28,29)/b27-23-. The van der Waals surface area contributed by atoms with Gasteiger partial charge in [-0.05, 0) is 47.5 Å². The number of hydrogen-bond donors (Lipinski definition) is 1. The van der Waals surface area contributed by atoms with Gasteiger partial charge in [0.05, 0.1) is 19.2 Å². The van der Waals surface area contributed by atoms with E-state index in [0.29, 0.717) is 5.75 Å². The summed E-state index contributed by atoms with van der Waals surface area (Å²) in [6.07, 6.45) is 0. The molecule has 33 heavy (non-hydrogen) atoms. The predicted octanol–water partition coefficient (Wildman–Crippen LogP) is 5.02. The summed E-state index contributed by atoms with van der Waals surface area (Å²) in [5.74, 6) is 0.907. The van der Waals surface area contributed by atoms with E-state index in [2.05, 4.69) is 4.99 Å². The molecular weight excluding hydrogens is 446 g/mol. The monoisotopic (exact) mass is 469 g/mol. The molecule has 3 aromatic rings. The van der Waals surface area contributed by atoms with Crippen molar-refractivity contribution in [3.63, 3.8) is 0 Å². The summed E-state index contributed by atoms with van der Waals surface area (Å²) in [6, 6.07) is 18.0. The van der Waals surface area contributed by atoms with Gasteiger partial charge < -0.3 is 24.1 Å². The number of carboxylic acids is 1. The van der Waals surface area contributed by atoms with Crippen LogP contribution in [0.25, 0.3) is 0 Å². The number of aliphatic carboxylic acids is 1. The van der Waals surface area contributed by atoms with Crippen LogP contribution in [0.15, 0.2) is 65.7 Å². The lowest BCUT2D eigenvalue weighted by Gasteiger charge is -2.17. The molecule has 0 fully saturated rings. The van der Waals surface area contributed by atoms with E-state index in [9.17, 15) is 9.90 Å². The van der Waals surface area contributed by atoms with Crippen molar-refractivity contribution in [1.82, 2.24) is 0 Å². The Bertz CT molecular complexity index is 1130. The van der Waals surface area contributed by atoms with Gasteiger partial charge in [-0.3, -0.25) is 4.99 Å². The van der Waals surface area contributed by atoms with Crippen LogP contribution < -0.4 is 18.9 Å². The summed E-state index contributed by atoms with van der Waals surface area (Å²) < 4.78 is 22.3. The molecule has 0 aliphatic carbocycles. The highest BCUT2D eigenvalue weighted by Gasteiger charge is 2.22. The summed E-state index contributed by atoms with van der Waals surface area (Å²) in [6.45, 7) is 0.448. The lowest BCUT2D eigenvalue weighted by molar-refractivity contribution is -0.129. The third kappa shape index (κ3) is 5.96. The molecule has 0 saturated heterocycles. The molecule has 0 saturated carbocycles. The summed E-state index contributed by atoms with van der Waals surface area (Å²) in [5.41, 5.74) is 1.86. The van der Waals surface area contributed by atoms with Gasteiger partial charge in [-0.25, -0.2) is 4.79 Å². The molecule has 0 aromatic heterocycles. The van der Waals surface area contributed by atoms with Crippen LogP contribution in [0.4, 0.5) is 0 Å². The van der Waals surface area contributed by atoms with Gasteiger partial charge in [0, 0.05) is 12.6 Å². The van der Waals surface area contributed by atoms with E-state index in [-0.39, 0.29) is 35.3 Å². The third-order valence-corrected chi connectivity index (χ3v) is 5.21. The summed E-state index contributed by atoms with van der Waals surface area (Å²) in [5, 5.41) is 9.59. The first-order valence-electron chi connectivity index (χ1n) is 10.0. The van der Waals surface area contributed by atoms with Gasteiger partial charge in [-0.1, -0.05) is 35.9 Å². The highest BCUT2D eigenvalue weighted by Crippen LogP contribution is 2.39. The number of hydrogen-bond acceptors (Lipinski definition) is 6. The number of aliphatic imine (C=N–C) groups is 1. The zero-order chi connectivity index (χ0) is 23.8. The SMILES string of the molecule is C/N=C(\C(=O)O)c1ccc(OCc2ccc(OC)cc2)c(OCc2ccc(OC)cc2)c1Cl. The fourth-order valence-corrected chi connectivity index (χ4v) is 3.36. The Labute approximate surface area is 197 Å². The van der Waals surface area contributed by atoms with Gasteiger partial charge in [0.1, 0.15) is 24.7 Å². The van der Waals surface area contributed by atoms with E-state index < -0.39 is 5.97 Å². The van der Waals surface area contributed by atoms with Crippen molar-refractivity contribution in [3.05, 3.63) is 82.4 Å². The van der Waals surface area contributed by atoms with Gasteiger partial charge in [0.25, 0.3) is 0 Å². The van der Waals surface area contributed by atoms with Crippen LogP contribution in [0.5, 0.6) is 23.0 Å². The normalized spacial score (nSPS) is 11.1. The molecule has 1 N–H and O–H groups in total. The smallest absolute Gasteiger partial charge is 0.354 e. The number of ether oxygens (including phenoxy) is 4. The Morgan fingerprint density at radius 2 is 1.36 bits per heavy atom. The van der Waals surface area contributed by atoms with Crippen molar-refractivity contribution in [2.75, 3.05) is 21.3 Å². The second-order valence-corrected chi connectivity index (χ2v) is 7.28. The Morgan fingerprint density at radius 3 is 1.82 bits per heavy atom. The van der Waals surface area contributed by atoms with Crippen LogP contribution in [0.3, 0.4) is 0 Å². The molecule has 0 aliphatic heterocycles. The van der Waals surface area contributed by atoms with Gasteiger partial charge in [0.15, 0.2) is 17.2 Å². The van der Waals surface area contributed by atoms with Crippen molar-refractivity contribution < 1.29 is 28.8 Å². The second kappa shape index (κ2) is 11.2. The molecule has 0 heterocycles. The van der Waals surface area contributed by atoms with E-state index in [0.717, 1.165) is 22.6 Å². The molecule has 0 radical (unpaired) electrons. The summed E-state index contributed by atoms with van der Waals surface area (Å²) in [4.78, 5) is 15.4. The molecule has 0 amide bonds. The first-order chi connectivity index (χ1) is 16.0. The highest BCUT2D eigenvalue weighted by molar-refractivity contribution is 6.47. The molecular formula is C25H24ClNO6. The molecule has 0 spiro atoms. The Balaban J connectivity index is 1.89. The van der Waals surface area contributed by atoms with Crippen molar-refractivity contribution in [2.45, 2.75) is 13.2 Å². The van der Waals surface area contributed by atoms with Crippen molar-refractivity contribution in [3.8, 4) is 23.0 Å². The van der Waals surface area contributed by atoms with Crippen LogP contribution in [-0.4, -0.2) is 38.1 Å². The summed E-state index contributed by atoms with van der Waals surface area (Å²) >= 11 is 6.58. The molecule has 3 rings (SSSR count). The van der Waals surface area contributed by atoms with Gasteiger partial charge in [0.2, 0.25) is 0 Å². The quantitative estimate of drug-likeness (QED) is 0.419. The number of rotatable bonds is 10. The van der Waals surface area contributed by atoms with E-state index in [1.807, 2.05) is 48.5 Å². The predicted molar refractivity (Wildman–Crippen MR) is 126 cm³/mol. The maximum atomic E-state index is 11.6. The fraction of sp³-hybridized carbons (Fsp3) is 0.200. The van der Waals surface area contributed by atoms with Crippen LogP contribution in [0.2, 0.25) is 5.02 Å². The maximum absolute atomic E-state index is 11.6. The summed E-state index contributed by atoms with van der Waals surface area (Å²) in [7, 11) is 4.59. The van der Waals surface area contributed by atoms with Crippen molar-refractivity contribution >= 4 is 23.3 Å². The Morgan fingerprint density at radius 1 is 0.848 bits per heavy atom. The number of halogens is 1. The fourth-order valence-electron chi connectivity index (χ4n) is 3.06. The van der Waals surface area contributed by atoms with E-state index in [1.165, 1.54) is 7.05 Å². The average Bonchev–Trinajstić information content (AvgIpc) is 2.84. The molecule has 3 aromatic carbocycles. The van der Waals surface area contributed by atoms with E-state index in [4.69, 9.17) is 30.5 Å². The first-order valence-corrected chi connectivity index (χ1v) is 10.4. The average molecular weight is 470 g/mol. The highest BCUT2D eigenvalue weighted by atomic mass is 35.5. The topological polar surface area (TPSA) is 86.6 Å². The van der Waals surface area contributed by atoms with E-state index in [1.54, 1.807) is 26.4 Å². The first kappa shape index (κ1) is 23.9. The minimum absolute atomic E-state index is 0.110. The lowest BCUT2D eigenvalue weighted by atomic mass is 10.1. The van der Waals surface area contributed by atoms with Crippen molar-refractivity contribution in [1.29, 1.82) is 0 Å². The molecule has 8 heteroatoms. The van der Waals surface area contributed by atoms with Crippen molar-refractivity contribution in [2.24, 2.45) is 4.99 Å². The largest absolute Gasteiger partial charge is 0.497 e. The molecule has 0 bridgehead atoms. The Kier molecular flexibility index (Phi) is 8.16. The Hall–Kier alpha value is -3.71. The van der Waals surface area contributed by atoms with Gasteiger partial charge in [-0.15, -0.1) is 0 Å². The third-order valence-electron chi connectivity index (χ3n) is 4.84. The second-order valence-electron chi connectivity index (χ2n) is 6.91. The van der Waals surface area contributed by atoms with Gasteiger partial charge in [-0.2, -0.15) is 0 Å². The van der Waals surface area contributed by atoms with Gasteiger partial charge >= 0.3 is 5.97 Å². The van der Waals surface area contributed by atoms with E-state index >= 15 is 0 Å². The van der Waals surface area contributed by atoms with Crippen LogP contribution in [-0.2, 0) is 18.0 Å². The zero-order valence-electron chi connectivity index (χ0n) is 18.5. The molecule has 172 valence electrons. The molecule has 0 atom stereocenters. The number of carboxylic acid groups (broad SMARTS) is 1. The molecule has 0 aliphatic rings.